The zero-order chi connectivity index (χ0) is 16.3. The molecule has 0 heterocycles. The summed E-state index contributed by atoms with van der Waals surface area (Å²) in [5.74, 6) is -1.61. The lowest BCUT2D eigenvalue weighted by atomic mass is 9.74. The number of nitrogens with one attached hydrogen (secondary N) is 2. The van der Waals surface area contributed by atoms with E-state index in [2.05, 4.69) is 9.46 Å². The molecule has 0 aromatic heterocycles. The van der Waals surface area contributed by atoms with Crippen LogP contribution in [0.1, 0.15) is 46.5 Å². The quantitative estimate of drug-likeness (QED) is 0.694. The third kappa shape index (κ3) is 4.57. The molecule has 2 unspecified atom stereocenters. The molecule has 1 fully saturated rings. The number of hydrogen-bond donors (Lipinski definition) is 3. The van der Waals surface area contributed by atoms with Gasteiger partial charge >= 0.3 is 22.3 Å². The Morgan fingerprint density at radius 1 is 1.33 bits per heavy atom. The molecule has 2 atom stereocenters. The fraction of sp³-hybridized carbons (Fsp3) is 0.833. The Kier molecular flexibility index (Phi) is 5.57. The molecule has 1 saturated carbocycles. The predicted octanol–water partition coefficient (Wildman–Crippen LogP) is 0.989. The molecular weight excluding hydrogens is 300 g/mol. The zero-order valence-corrected chi connectivity index (χ0v) is 13.2. The van der Waals surface area contributed by atoms with E-state index in [1.807, 2.05) is 0 Å². The molecule has 0 aliphatic heterocycles. The second kappa shape index (κ2) is 6.61. The Balaban J connectivity index is 2.88. The van der Waals surface area contributed by atoms with Crippen molar-refractivity contribution in [2.75, 3.05) is 0 Å². The third-order valence-electron chi connectivity index (χ3n) is 3.56. The van der Waals surface area contributed by atoms with Crippen molar-refractivity contribution in [1.29, 1.82) is 0 Å². The second-order valence-electron chi connectivity index (χ2n) is 5.58. The number of rotatable bonds is 5. The van der Waals surface area contributed by atoms with Crippen LogP contribution >= 0.6 is 0 Å². The second-order valence-corrected chi connectivity index (χ2v) is 7.00. The van der Waals surface area contributed by atoms with Gasteiger partial charge in [-0.25, -0.2) is 9.52 Å². The third-order valence-corrected chi connectivity index (χ3v) is 4.63. The molecule has 0 radical (unpaired) electrons. The van der Waals surface area contributed by atoms with E-state index in [9.17, 15) is 23.1 Å². The van der Waals surface area contributed by atoms with E-state index in [0.29, 0.717) is 12.8 Å². The van der Waals surface area contributed by atoms with Crippen LogP contribution in [-0.4, -0.2) is 37.2 Å². The van der Waals surface area contributed by atoms with Gasteiger partial charge in [0.25, 0.3) is 0 Å². The molecule has 122 valence electrons. The summed E-state index contributed by atoms with van der Waals surface area (Å²) in [4.78, 5) is 22.9. The van der Waals surface area contributed by atoms with Crippen molar-refractivity contribution in [2.24, 2.45) is 5.92 Å². The van der Waals surface area contributed by atoms with Gasteiger partial charge in [-0.1, -0.05) is 19.8 Å². The number of carbonyl (C=O) groups excluding carboxylic acids is 1. The lowest BCUT2D eigenvalue weighted by molar-refractivity contribution is -0.147. The first kappa shape index (κ1) is 17.7. The summed E-state index contributed by atoms with van der Waals surface area (Å²) in [5.41, 5.74) is -1.60. The van der Waals surface area contributed by atoms with Gasteiger partial charge in [0.2, 0.25) is 0 Å². The lowest BCUT2D eigenvalue weighted by Crippen LogP contribution is -2.62. The minimum absolute atomic E-state index is 0.184. The van der Waals surface area contributed by atoms with Crippen molar-refractivity contribution in [1.82, 2.24) is 9.44 Å². The summed E-state index contributed by atoms with van der Waals surface area (Å²) >= 11 is 0. The summed E-state index contributed by atoms with van der Waals surface area (Å²) in [7, 11) is -4.32. The molecule has 0 aromatic carbocycles. The number of ether oxygens (including phenoxy) is 1. The van der Waals surface area contributed by atoms with Crippen LogP contribution in [0.5, 0.6) is 0 Å². The van der Waals surface area contributed by atoms with Gasteiger partial charge in [0.05, 0.1) is 6.10 Å². The number of carbonyl (C=O) groups is 2. The molecule has 21 heavy (non-hydrogen) atoms. The summed E-state index contributed by atoms with van der Waals surface area (Å²) in [5, 5.41) is 9.43. The van der Waals surface area contributed by atoms with E-state index < -0.39 is 33.9 Å². The minimum Gasteiger partial charge on any atom is -0.480 e. The van der Waals surface area contributed by atoms with Crippen molar-refractivity contribution in [3.63, 3.8) is 0 Å². The van der Waals surface area contributed by atoms with Gasteiger partial charge in [0.15, 0.2) is 0 Å². The Hall–Kier alpha value is -1.35. The summed E-state index contributed by atoms with van der Waals surface area (Å²) in [6, 6.07) is 0. The Morgan fingerprint density at radius 2 is 1.95 bits per heavy atom. The highest BCUT2D eigenvalue weighted by atomic mass is 32.2. The lowest BCUT2D eigenvalue weighted by Gasteiger charge is -2.38. The Labute approximate surface area is 124 Å². The topological polar surface area (TPSA) is 122 Å². The average Bonchev–Trinajstić information content (AvgIpc) is 2.29. The van der Waals surface area contributed by atoms with E-state index in [1.54, 1.807) is 25.5 Å². The largest absolute Gasteiger partial charge is 0.480 e. The predicted molar refractivity (Wildman–Crippen MR) is 74.8 cm³/mol. The summed E-state index contributed by atoms with van der Waals surface area (Å²) < 4.78 is 32.4. The first-order chi connectivity index (χ1) is 9.59. The van der Waals surface area contributed by atoms with Crippen LogP contribution in [0, 0.1) is 5.92 Å². The van der Waals surface area contributed by atoms with Gasteiger partial charge < -0.3 is 9.84 Å². The average molecular weight is 322 g/mol. The maximum absolute atomic E-state index is 12.0. The molecular formula is C12H22N2O6S. The van der Waals surface area contributed by atoms with E-state index in [1.165, 1.54) is 0 Å². The monoisotopic (exact) mass is 322 g/mol. The fourth-order valence-corrected chi connectivity index (χ4v) is 3.66. The van der Waals surface area contributed by atoms with Gasteiger partial charge in [0, 0.05) is 0 Å². The van der Waals surface area contributed by atoms with Crippen LogP contribution in [0.3, 0.4) is 0 Å². The van der Waals surface area contributed by atoms with Gasteiger partial charge in [-0.15, -0.1) is 0 Å². The van der Waals surface area contributed by atoms with Crippen LogP contribution in [-0.2, 0) is 19.7 Å². The summed E-state index contributed by atoms with van der Waals surface area (Å²) in [6.45, 7) is 4.82. The maximum Gasteiger partial charge on any atom is 0.422 e. The SMILES string of the molecule is CC(C)OC(=O)NS(=O)(=O)NC1(C(=O)O)CCCCC1C. The van der Waals surface area contributed by atoms with Crippen molar-refractivity contribution in [2.45, 2.75) is 58.1 Å². The molecule has 0 bridgehead atoms. The molecule has 9 heteroatoms. The first-order valence-electron chi connectivity index (χ1n) is 6.85. The molecule has 0 spiro atoms. The van der Waals surface area contributed by atoms with Gasteiger partial charge in [-0.05, 0) is 32.6 Å². The zero-order valence-electron chi connectivity index (χ0n) is 12.4. The number of hydrogen-bond acceptors (Lipinski definition) is 5. The van der Waals surface area contributed by atoms with Crippen molar-refractivity contribution < 1.29 is 27.9 Å². The number of carboxylic acid groups (broad SMARTS) is 1. The number of amides is 1. The molecule has 0 saturated heterocycles. The van der Waals surface area contributed by atoms with Gasteiger partial charge in [-0.3, -0.25) is 4.79 Å². The minimum atomic E-state index is -4.32. The van der Waals surface area contributed by atoms with E-state index in [4.69, 9.17) is 0 Å². The van der Waals surface area contributed by atoms with Gasteiger partial charge in [-0.2, -0.15) is 13.1 Å². The van der Waals surface area contributed by atoms with Crippen LogP contribution in [0.25, 0.3) is 0 Å². The summed E-state index contributed by atoms with van der Waals surface area (Å²) in [6.07, 6.45) is 0.620. The highest BCUT2D eigenvalue weighted by Gasteiger charge is 2.48. The fourth-order valence-electron chi connectivity index (χ4n) is 2.47. The van der Waals surface area contributed by atoms with E-state index in [-0.39, 0.29) is 12.3 Å². The molecule has 3 N–H and O–H groups in total. The smallest absolute Gasteiger partial charge is 0.422 e. The maximum atomic E-state index is 12.0. The van der Waals surface area contributed by atoms with E-state index >= 15 is 0 Å². The van der Waals surface area contributed by atoms with Gasteiger partial charge in [0.1, 0.15) is 5.54 Å². The first-order valence-corrected chi connectivity index (χ1v) is 8.33. The van der Waals surface area contributed by atoms with Crippen molar-refractivity contribution in [3.05, 3.63) is 0 Å². The van der Waals surface area contributed by atoms with Crippen LogP contribution in [0.4, 0.5) is 4.79 Å². The molecule has 1 aliphatic carbocycles. The Morgan fingerprint density at radius 3 is 2.43 bits per heavy atom. The highest BCUT2D eigenvalue weighted by Crippen LogP contribution is 2.34. The standard InChI is InChI=1S/C12H22N2O6S/c1-8(2)20-11(17)13-21(18,19)14-12(10(15)16)7-5-4-6-9(12)3/h8-9,14H,4-7H2,1-3H3,(H,13,17)(H,15,16). The highest BCUT2D eigenvalue weighted by molar-refractivity contribution is 7.88. The number of carboxylic acids is 1. The van der Waals surface area contributed by atoms with Crippen LogP contribution < -0.4 is 9.44 Å². The molecule has 1 amide bonds. The molecule has 0 aromatic rings. The van der Waals surface area contributed by atoms with Crippen LogP contribution in [0.2, 0.25) is 0 Å². The molecule has 1 aliphatic rings. The number of aliphatic carboxylic acids is 1. The molecule has 1 rings (SSSR count). The van der Waals surface area contributed by atoms with Crippen LogP contribution in [0.15, 0.2) is 0 Å². The Bertz CT molecular complexity index is 504. The van der Waals surface area contributed by atoms with Crippen molar-refractivity contribution in [3.8, 4) is 0 Å². The van der Waals surface area contributed by atoms with E-state index in [0.717, 1.165) is 6.42 Å². The normalized spacial score (nSPS) is 26.4. The molecule has 8 nitrogen and oxygen atoms in total. The van der Waals surface area contributed by atoms with Crippen molar-refractivity contribution >= 4 is 22.3 Å².